The minimum absolute atomic E-state index is 0.983. The quantitative estimate of drug-likeness (QED) is 0.572. The minimum atomic E-state index is 0.983. The summed E-state index contributed by atoms with van der Waals surface area (Å²) >= 11 is 0. The van der Waals surface area contributed by atoms with Crippen LogP contribution in [0.25, 0.3) is 0 Å². The lowest BCUT2D eigenvalue weighted by molar-refractivity contribution is 0.213. The summed E-state index contributed by atoms with van der Waals surface area (Å²) in [6.07, 6.45) is 14.5. The van der Waals surface area contributed by atoms with Crippen LogP contribution in [0.3, 0.4) is 0 Å². The van der Waals surface area contributed by atoms with Gasteiger partial charge in [0.2, 0.25) is 0 Å². The molecule has 0 aromatic carbocycles. The van der Waals surface area contributed by atoms with E-state index in [4.69, 9.17) is 0 Å². The van der Waals surface area contributed by atoms with E-state index in [1.165, 1.54) is 77.3 Å². The van der Waals surface area contributed by atoms with Crippen LogP contribution in [0.15, 0.2) is 0 Å². The Labute approximate surface area is 109 Å². The third kappa shape index (κ3) is 6.45. The van der Waals surface area contributed by atoms with Gasteiger partial charge in [-0.2, -0.15) is 0 Å². The van der Waals surface area contributed by atoms with Crippen molar-refractivity contribution in [2.75, 3.05) is 13.1 Å². The maximum atomic E-state index is 3.64. The van der Waals surface area contributed by atoms with Crippen molar-refractivity contribution in [1.82, 2.24) is 5.32 Å². The van der Waals surface area contributed by atoms with Crippen molar-refractivity contribution in [1.29, 1.82) is 0 Å². The van der Waals surface area contributed by atoms with Gasteiger partial charge in [0.1, 0.15) is 0 Å². The zero-order valence-corrected chi connectivity index (χ0v) is 12.1. The van der Waals surface area contributed by atoms with E-state index in [-0.39, 0.29) is 0 Å². The second kappa shape index (κ2) is 9.94. The van der Waals surface area contributed by atoms with Gasteiger partial charge in [0.25, 0.3) is 0 Å². The summed E-state index contributed by atoms with van der Waals surface area (Å²) in [7, 11) is 0. The fraction of sp³-hybridized carbons (Fsp3) is 1.00. The summed E-state index contributed by atoms with van der Waals surface area (Å²) in [6.45, 7) is 7.06. The van der Waals surface area contributed by atoms with Crippen molar-refractivity contribution < 1.29 is 0 Å². The molecule has 2 atom stereocenters. The highest BCUT2D eigenvalue weighted by Gasteiger charge is 2.23. The van der Waals surface area contributed by atoms with Crippen LogP contribution >= 0.6 is 0 Å². The predicted octanol–water partition coefficient (Wildman–Crippen LogP) is 4.76. The average Bonchev–Trinajstić information content (AvgIpc) is 2.36. The third-order valence-corrected chi connectivity index (χ3v) is 4.33. The summed E-state index contributed by atoms with van der Waals surface area (Å²) in [6, 6.07) is 0. The molecule has 102 valence electrons. The molecule has 17 heavy (non-hydrogen) atoms. The van der Waals surface area contributed by atoms with Gasteiger partial charge in [-0.3, -0.25) is 0 Å². The number of nitrogens with one attached hydrogen (secondary N) is 1. The van der Waals surface area contributed by atoms with Crippen molar-refractivity contribution in [2.24, 2.45) is 11.8 Å². The lowest BCUT2D eigenvalue weighted by Crippen LogP contribution is -2.31. The molecule has 0 bridgehead atoms. The van der Waals surface area contributed by atoms with Crippen molar-refractivity contribution in [2.45, 2.75) is 78.1 Å². The maximum Gasteiger partial charge on any atom is -0.00179 e. The Morgan fingerprint density at radius 2 is 1.65 bits per heavy atom. The van der Waals surface area contributed by atoms with Crippen molar-refractivity contribution in [3.63, 3.8) is 0 Å². The topological polar surface area (TPSA) is 12.0 Å². The monoisotopic (exact) mass is 239 g/mol. The Hall–Kier alpha value is -0.0400. The Kier molecular flexibility index (Phi) is 8.78. The second-order valence-electron chi connectivity index (χ2n) is 5.86. The molecular formula is C16H33N. The Bertz CT molecular complexity index is 167. The van der Waals surface area contributed by atoms with Crippen LogP contribution in [0.2, 0.25) is 0 Å². The van der Waals surface area contributed by atoms with E-state index in [9.17, 15) is 0 Å². The van der Waals surface area contributed by atoms with Gasteiger partial charge in [0, 0.05) is 0 Å². The second-order valence-corrected chi connectivity index (χ2v) is 5.86. The molecule has 1 aliphatic rings. The Morgan fingerprint density at radius 1 is 0.882 bits per heavy atom. The molecule has 2 unspecified atom stereocenters. The van der Waals surface area contributed by atoms with E-state index >= 15 is 0 Å². The first-order chi connectivity index (χ1) is 8.38. The van der Waals surface area contributed by atoms with Crippen LogP contribution in [-0.2, 0) is 0 Å². The van der Waals surface area contributed by atoms with Gasteiger partial charge < -0.3 is 5.32 Å². The summed E-state index contributed by atoms with van der Waals surface area (Å²) < 4.78 is 0. The van der Waals surface area contributed by atoms with E-state index in [0.717, 1.165) is 11.8 Å². The highest BCUT2D eigenvalue weighted by Crippen LogP contribution is 2.33. The van der Waals surface area contributed by atoms with Gasteiger partial charge in [-0.1, -0.05) is 65.2 Å². The highest BCUT2D eigenvalue weighted by atomic mass is 14.9. The lowest BCUT2D eigenvalue weighted by Gasteiger charge is -2.32. The van der Waals surface area contributed by atoms with E-state index in [1.54, 1.807) is 0 Å². The molecule has 0 radical (unpaired) electrons. The summed E-state index contributed by atoms with van der Waals surface area (Å²) in [5, 5.41) is 3.64. The van der Waals surface area contributed by atoms with Crippen LogP contribution in [0.1, 0.15) is 78.1 Å². The summed E-state index contributed by atoms with van der Waals surface area (Å²) in [4.78, 5) is 0. The maximum absolute atomic E-state index is 3.64. The molecule has 1 fully saturated rings. The minimum Gasteiger partial charge on any atom is -0.316 e. The largest absolute Gasteiger partial charge is 0.316 e. The predicted molar refractivity (Wildman–Crippen MR) is 77.4 cm³/mol. The number of unbranched alkanes of at least 4 members (excludes halogenated alkanes) is 3. The van der Waals surface area contributed by atoms with Gasteiger partial charge in [-0.25, -0.2) is 0 Å². The van der Waals surface area contributed by atoms with Crippen molar-refractivity contribution in [3.05, 3.63) is 0 Å². The van der Waals surface area contributed by atoms with Crippen LogP contribution in [0, 0.1) is 11.8 Å². The molecule has 0 saturated heterocycles. The van der Waals surface area contributed by atoms with E-state index < -0.39 is 0 Å². The molecule has 1 nitrogen and oxygen atoms in total. The number of rotatable bonds is 9. The van der Waals surface area contributed by atoms with Gasteiger partial charge in [-0.05, 0) is 37.8 Å². The van der Waals surface area contributed by atoms with Gasteiger partial charge in [-0.15, -0.1) is 0 Å². The molecular weight excluding hydrogens is 206 g/mol. The molecule has 0 amide bonds. The standard InChI is InChI=1S/C16H33N/c1-3-5-6-7-10-15-11-8-9-12-16(15)14-17-13-4-2/h15-17H,3-14H2,1-2H3. The normalized spacial score (nSPS) is 25.1. The fourth-order valence-electron chi connectivity index (χ4n) is 3.23. The Morgan fingerprint density at radius 3 is 2.35 bits per heavy atom. The van der Waals surface area contributed by atoms with E-state index in [0.29, 0.717) is 0 Å². The molecule has 1 heteroatoms. The van der Waals surface area contributed by atoms with Crippen molar-refractivity contribution in [3.8, 4) is 0 Å². The van der Waals surface area contributed by atoms with Crippen LogP contribution in [0.4, 0.5) is 0 Å². The zero-order valence-electron chi connectivity index (χ0n) is 12.1. The Balaban J connectivity index is 2.17. The highest BCUT2D eigenvalue weighted by molar-refractivity contribution is 4.77. The number of hydrogen-bond acceptors (Lipinski definition) is 1. The van der Waals surface area contributed by atoms with E-state index in [1.807, 2.05) is 0 Å². The zero-order chi connectivity index (χ0) is 12.3. The number of hydrogen-bond donors (Lipinski definition) is 1. The van der Waals surface area contributed by atoms with Crippen LogP contribution in [-0.4, -0.2) is 13.1 Å². The molecule has 0 aliphatic heterocycles. The molecule has 0 aromatic rings. The first-order valence-corrected chi connectivity index (χ1v) is 8.09. The molecule has 1 saturated carbocycles. The van der Waals surface area contributed by atoms with E-state index in [2.05, 4.69) is 19.2 Å². The summed E-state index contributed by atoms with van der Waals surface area (Å²) in [5.41, 5.74) is 0. The average molecular weight is 239 g/mol. The fourth-order valence-corrected chi connectivity index (χ4v) is 3.23. The first-order valence-electron chi connectivity index (χ1n) is 8.09. The lowest BCUT2D eigenvalue weighted by atomic mass is 9.76. The van der Waals surface area contributed by atoms with Gasteiger partial charge >= 0.3 is 0 Å². The molecule has 0 aromatic heterocycles. The molecule has 0 spiro atoms. The van der Waals surface area contributed by atoms with Crippen LogP contribution < -0.4 is 5.32 Å². The first kappa shape index (κ1) is 15.0. The van der Waals surface area contributed by atoms with Gasteiger partial charge in [0.15, 0.2) is 0 Å². The SMILES string of the molecule is CCCCCCC1CCCCC1CNCCC. The smallest absolute Gasteiger partial charge is 0.00179 e. The summed E-state index contributed by atoms with van der Waals surface area (Å²) in [5.74, 6) is 2.02. The molecule has 1 N–H and O–H groups in total. The molecule has 0 heterocycles. The van der Waals surface area contributed by atoms with Gasteiger partial charge in [0.05, 0.1) is 0 Å². The van der Waals surface area contributed by atoms with Crippen LogP contribution in [0.5, 0.6) is 0 Å². The molecule has 1 rings (SSSR count). The third-order valence-electron chi connectivity index (χ3n) is 4.33. The van der Waals surface area contributed by atoms with Crippen molar-refractivity contribution >= 4 is 0 Å². The molecule has 1 aliphatic carbocycles.